The Bertz CT molecular complexity index is 741. The molecule has 2 heterocycles. The molecule has 4 heteroatoms. The van der Waals surface area contributed by atoms with Gasteiger partial charge in [-0.15, -0.1) is 0 Å². The molecule has 1 aromatic carbocycles. The lowest BCUT2D eigenvalue weighted by atomic mass is 10.1. The Morgan fingerprint density at radius 3 is 2.58 bits per heavy atom. The number of aryl methyl sites for hydroxylation is 1. The van der Waals surface area contributed by atoms with Crippen LogP contribution in [0.5, 0.6) is 0 Å². The van der Waals surface area contributed by atoms with Crippen LogP contribution in [0, 0.1) is 6.92 Å². The summed E-state index contributed by atoms with van der Waals surface area (Å²) in [7, 11) is 0. The molecular weight excluding hydrogens is 300 g/mol. The average molecular weight is 322 g/mol. The first-order valence-corrected chi connectivity index (χ1v) is 8.10. The second-order valence-electron chi connectivity index (χ2n) is 5.93. The molecule has 1 atom stereocenters. The monoisotopic (exact) mass is 322 g/mol. The zero-order chi connectivity index (χ0) is 16.8. The van der Waals surface area contributed by atoms with E-state index in [4.69, 9.17) is 4.42 Å². The smallest absolute Gasteiger partial charge is 0.133 e. The molecule has 0 aliphatic rings. The van der Waals surface area contributed by atoms with Gasteiger partial charge in [-0.25, -0.2) is 0 Å². The zero-order valence-corrected chi connectivity index (χ0v) is 13.8. The number of pyridine rings is 1. The van der Waals surface area contributed by atoms with Gasteiger partial charge in [0.15, 0.2) is 0 Å². The van der Waals surface area contributed by atoms with Crippen LogP contribution in [0.1, 0.15) is 28.7 Å². The molecule has 0 saturated heterocycles. The van der Waals surface area contributed by atoms with Crippen LogP contribution in [0.3, 0.4) is 0 Å². The van der Waals surface area contributed by atoms with Crippen molar-refractivity contribution in [3.63, 3.8) is 0 Å². The van der Waals surface area contributed by atoms with Crippen LogP contribution in [0.4, 0.5) is 0 Å². The summed E-state index contributed by atoms with van der Waals surface area (Å²) in [5.41, 5.74) is 3.40. The highest BCUT2D eigenvalue weighted by Gasteiger charge is 2.17. The first-order chi connectivity index (χ1) is 11.7. The molecule has 24 heavy (non-hydrogen) atoms. The topological polar surface area (TPSA) is 49.5 Å². The van der Waals surface area contributed by atoms with Crippen molar-refractivity contribution in [2.45, 2.75) is 26.1 Å². The van der Waals surface area contributed by atoms with Gasteiger partial charge in [0.1, 0.15) is 11.9 Å². The number of furan rings is 1. The minimum absolute atomic E-state index is 0.497. The molecule has 0 bridgehead atoms. The van der Waals surface area contributed by atoms with Gasteiger partial charge in [-0.3, -0.25) is 9.88 Å². The maximum atomic E-state index is 10.5. The third kappa shape index (κ3) is 4.31. The van der Waals surface area contributed by atoms with E-state index in [0.717, 1.165) is 18.8 Å². The Balaban J connectivity index is 1.76. The Kier molecular flexibility index (Phi) is 5.41. The number of hydrogen-bond acceptors (Lipinski definition) is 4. The van der Waals surface area contributed by atoms with Gasteiger partial charge in [-0.1, -0.05) is 36.4 Å². The highest BCUT2D eigenvalue weighted by atomic mass is 16.4. The van der Waals surface area contributed by atoms with Crippen molar-refractivity contribution in [2.75, 3.05) is 6.54 Å². The minimum Gasteiger partial charge on any atom is -0.467 e. The van der Waals surface area contributed by atoms with Crippen LogP contribution in [0.15, 0.2) is 71.5 Å². The molecular formula is C20H22N2O2. The normalized spacial score (nSPS) is 12.5. The van der Waals surface area contributed by atoms with Crippen molar-refractivity contribution >= 4 is 0 Å². The zero-order valence-electron chi connectivity index (χ0n) is 13.8. The molecule has 0 radical (unpaired) electrons. The molecule has 0 spiro atoms. The number of aliphatic hydroxyl groups is 1. The second kappa shape index (κ2) is 7.90. The summed E-state index contributed by atoms with van der Waals surface area (Å²) in [5, 5.41) is 10.5. The quantitative estimate of drug-likeness (QED) is 0.720. The summed E-state index contributed by atoms with van der Waals surface area (Å²) in [4.78, 5) is 6.58. The molecule has 0 fully saturated rings. The van der Waals surface area contributed by atoms with Crippen molar-refractivity contribution in [2.24, 2.45) is 0 Å². The standard InChI is InChI=1S/C20H22N2O2/c1-16-18(9-5-11-21-16)14-22(13-17-7-3-2-4-8-17)15-19(23)20-10-6-12-24-20/h2-12,19,23H,13-15H2,1H3. The molecule has 4 nitrogen and oxygen atoms in total. The van der Waals surface area contributed by atoms with Crippen LogP contribution < -0.4 is 0 Å². The number of benzene rings is 1. The molecule has 3 rings (SSSR count). The maximum Gasteiger partial charge on any atom is 0.133 e. The highest BCUT2D eigenvalue weighted by molar-refractivity contribution is 5.19. The summed E-state index contributed by atoms with van der Waals surface area (Å²) in [5.74, 6) is 0.593. The molecule has 124 valence electrons. The lowest BCUT2D eigenvalue weighted by Crippen LogP contribution is -2.28. The van der Waals surface area contributed by atoms with Gasteiger partial charge in [0.2, 0.25) is 0 Å². The number of nitrogens with zero attached hydrogens (tertiary/aromatic N) is 2. The highest BCUT2D eigenvalue weighted by Crippen LogP contribution is 2.19. The fourth-order valence-electron chi connectivity index (χ4n) is 2.77. The van der Waals surface area contributed by atoms with Crippen LogP contribution in [0.25, 0.3) is 0 Å². The maximum absolute atomic E-state index is 10.5. The van der Waals surface area contributed by atoms with Crippen LogP contribution in [0.2, 0.25) is 0 Å². The third-order valence-electron chi connectivity index (χ3n) is 4.06. The van der Waals surface area contributed by atoms with E-state index in [1.54, 1.807) is 24.6 Å². The minimum atomic E-state index is -0.652. The Morgan fingerprint density at radius 1 is 1.04 bits per heavy atom. The molecule has 1 N–H and O–H groups in total. The fraction of sp³-hybridized carbons (Fsp3) is 0.250. The predicted octanol–water partition coefficient (Wildman–Crippen LogP) is 3.72. The van der Waals surface area contributed by atoms with Gasteiger partial charge in [0, 0.05) is 31.5 Å². The molecule has 3 aromatic rings. The van der Waals surface area contributed by atoms with Crippen molar-refractivity contribution in [1.82, 2.24) is 9.88 Å². The van der Waals surface area contributed by atoms with Gasteiger partial charge in [-0.2, -0.15) is 0 Å². The van der Waals surface area contributed by atoms with E-state index >= 15 is 0 Å². The van der Waals surface area contributed by atoms with Gasteiger partial charge in [0.05, 0.1) is 6.26 Å². The summed E-state index contributed by atoms with van der Waals surface area (Å²) in [6.45, 7) is 4.00. The van der Waals surface area contributed by atoms with Crippen molar-refractivity contribution in [1.29, 1.82) is 0 Å². The molecule has 0 amide bonds. The Hall–Kier alpha value is -2.43. The van der Waals surface area contributed by atoms with Crippen LogP contribution in [-0.4, -0.2) is 21.5 Å². The Labute approximate surface area is 142 Å². The first kappa shape index (κ1) is 16.4. The largest absolute Gasteiger partial charge is 0.467 e. The van der Waals surface area contributed by atoms with Crippen molar-refractivity contribution in [3.8, 4) is 0 Å². The van der Waals surface area contributed by atoms with Crippen molar-refractivity contribution in [3.05, 3.63) is 89.6 Å². The van der Waals surface area contributed by atoms with E-state index in [9.17, 15) is 5.11 Å². The van der Waals surface area contributed by atoms with E-state index in [-0.39, 0.29) is 0 Å². The third-order valence-corrected chi connectivity index (χ3v) is 4.06. The lowest BCUT2D eigenvalue weighted by Gasteiger charge is -2.25. The molecule has 0 aliphatic heterocycles. The van der Waals surface area contributed by atoms with Gasteiger partial charge in [-0.05, 0) is 36.2 Å². The van der Waals surface area contributed by atoms with Gasteiger partial charge >= 0.3 is 0 Å². The number of rotatable bonds is 7. The molecule has 2 aromatic heterocycles. The van der Waals surface area contributed by atoms with E-state index in [0.29, 0.717) is 12.3 Å². The molecule has 0 aliphatic carbocycles. The van der Waals surface area contributed by atoms with E-state index in [1.165, 1.54) is 11.1 Å². The van der Waals surface area contributed by atoms with E-state index < -0.39 is 6.10 Å². The summed E-state index contributed by atoms with van der Waals surface area (Å²) in [6, 6.07) is 17.9. The van der Waals surface area contributed by atoms with Crippen LogP contribution in [-0.2, 0) is 13.1 Å². The van der Waals surface area contributed by atoms with Crippen molar-refractivity contribution < 1.29 is 9.52 Å². The van der Waals surface area contributed by atoms with Gasteiger partial charge < -0.3 is 9.52 Å². The molecule has 0 saturated carbocycles. The number of hydrogen-bond donors (Lipinski definition) is 1. The fourth-order valence-corrected chi connectivity index (χ4v) is 2.77. The summed E-state index contributed by atoms with van der Waals surface area (Å²) >= 11 is 0. The SMILES string of the molecule is Cc1ncccc1CN(Cc1ccccc1)CC(O)c1ccco1. The van der Waals surface area contributed by atoms with Crippen LogP contribution >= 0.6 is 0 Å². The number of aliphatic hydroxyl groups excluding tert-OH is 1. The van der Waals surface area contributed by atoms with Gasteiger partial charge in [0.25, 0.3) is 0 Å². The molecule has 1 unspecified atom stereocenters. The average Bonchev–Trinajstić information content (AvgIpc) is 3.12. The summed E-state index contributed by atoms with van der Waals surface area (Å²) in [6.07, 6.45) is 2.74. The van der Waals surface area contributed by atoms with E-state index in [1.807, 2.05) is 31.2 Å². The number of aromatic nitrogens is 1. The van der Waals surface area contributed by atoms with E-state index in [2.05, 4.69) is 28.1 Å². The Morgan fingerprint density at radius 2 is 1.88 bits per heavy atom. The summed E-state index contributed by atoms with van der Waals surface area (Å²) < 4.78 is 5.33. The first-order valence-electron chi connectivity index (χ1n) is 8.10. The second-order valence-corrected chi connectivity index (χ2v) is 5.93. The lowest BCUT2D eigenvalue weighted by molar-refractivity contribution is 0.0871. The predicted molar refractivity (Wildman–Crippen MR) is 93.2 cm³/mol.